The molecule has 0 aliphatic carbocycles. The minimum atomic E-state index is -0.340. The molecule has 7 nitrogen and oxygen atoms in total. The molecule has 0 saturated carbocycles. The summed E-state index contributed by atoms with van der Waals surface area (Å²) in [5, 5.41) is 3.08. The van der Waals surface area contributed by atoms with E-state index in [9.17, 15) is 14.4 Å². The minimum absolute atomic E-state index is 0.0109. The first-order chi connectivity index (χ1) is 13.9. The SMILES string of the molecule is CCOC(=O)N1CCC(NC(=O)[C@H]2CC(=O)N(c3cccc(C(C)C)c3)C2)CC1. The molecule has 2 saturated heterocycles. The van der Waals surface area contributed by atoms with E-state index in [0.29, 0.717) is 45.0 Å². The van der Waals surface area contributed by atoms with Gasteiger partial charge in [0.05, 0.1) is 12.5 Å². The van der Waals surface area contributed by atoms with Crippen LogP contribution in [0.2, 0.25) is 0 Å². The smallest absolute Gasteiger partial charge is 0.409 e. The summed E-state index contributed by atoms with van der Waals surface area (Å²) in [7, 11) is 0. The molecule has 2 fully saturated rings. The molecule has 7 heteroatoms. The van der Waals surface area contributed by atoms with Gasteiger partial charge in [0.2, 0.25) is 11.8 Å². The molecule has 1 aromatic rings. The standard InChI is InChI=1S/C22H31N3O4/c1-4-29-22(28)24-10-8-18(9-11-24)23-21(27)17-13-20(26)25(14-17)19-7-5-6-16(12-19)15(2)3/h5-7,12,15,17-18H,4,8-11,13-14H2,1-3H3,(H,23,27)/t17-/m0/s1. The number of anilines is 1. The summed E-state index contributed by atoms with van der Waals surface area (Å²) < 4.78 is 5.02. The van der Waals surface area contributed by atoms with E-state index in [1.165, 1.54) is 5.56 Å². The number of likely N-dealkylation sites (tertiary alicyclic amines) is 1. The Hall–Kier alpha value is -2.57. The first kappa shape index (κ1) is 21.1. The molecule has 1 N–H and O–H groups in total. The van der Waals surface area contributed by atoms with E-state index in [1.54, 1.807) is 16.7 Å². The van der Waals surface area contributed by atoms with Gasteiger partial charge >= 0.3 is 6.09 Å². The number of carbonyl (C=O) groups excluding carboxylic acids is 3. The summed E-state index contributed by atoms with van der Waals surface area (Å²) >= 11 is 0. The van der Waals surface area contributed by atoms with Crippen LogP contribution in [0.3, 0.4) is 0 Å². The number of carbonyl (C=O) groups is 3. The van der Waals surface area contributed by atoms with Crippen LogP contribution in [0, 0.1) is 5.92 Å². The van der Waals surface area contributed by atoms with E-state index >= 15 is 0 Å². The van der Waals surface area contributed by atoms with Crippen molar-refractivity contribution in [2.45, 2.75) is 52.0 Å². The molecule has 0 radical (unpaired) electrons. The maximum Gasteiger partial charge on any atom is 0.409 e. The number of ether oxygens (including phenoxy) is 1. The molecule has 2 heterocycles. The maximum atomic E-state index is 12.7. The van der Waals surface area contributed by atoms with Crippen LogP contribution < -0.4 is 10.2 Å². The van der Waals surface area contributed by atoms with Crippen LogP contribution in [0.1, 0.15) is 51.5 Å². The Morgan fingerprint density at radius 3 is 2.62 bits per heavy atom. The molecule has 0 bridgehead atoms. The number of hydrogen-bond donors (Lipinski definition) is 1. The van der Waals surface area contributed by atoms with E-state index in [0.717, 1.165) is 5.69 Å². The lowest BCUT2D eigenvalue weighted by Gasteiger charge is -2.32. The van der Waals surface area contributed by atoms with Crippen LogP contribution in [0.4, 0.5) is 10.5 Å². The first-order valence-electron chi connectivity index (χ1n) is 10.5. The Kier molecular flexibility index (Phi) is 6.77. The molecule has 1 aromatic carbocycles. The summed E-state index contributed by atoms with van der Waals surface area (Å²) in [6, 6.07) is 8.01. The summed E-state index contributed by atoms with van der Waals surface area (Å²) in [5.41, 5.74) is 2.04. The molecule has 1 atom stereocenters. The highest BCUT2D eigenvalue weighted by atomic mass is 16.6. The van der Waals surface area contributed by atoms with Crippen molar-refractivity contribution in [1.29, 1.82) is 0 Å². The van der Waals surface area contributed by atoms with E-state index < -0.39 is 0 Å². The van der Waals surface area contributed by atoms with Gasteiger partial charge in [0, 0.05) is 37.8 Å². The third kappa shape index (κ3) is 5.08. The van der Waals surface area contributed by atoms with E-state index in [4.69, 9.17) is 4.74 Å². The van der Waals surface area contributed by atoms with E-state index in [1.807, 2.05) is 18.2 Å². The number of benzene rings is 1. The molecule has 2 aliphatic heterocycles. The number of amides is 3. The molecular weight excluding hydrogens is 370 g/mol. The van der Waals surface area contributed by atoms with Gasteiger partial charge in [-0.05, 0) is 43.4 Å². The Morgan fingerprint density at radius 1 is 1.24 bits per heavy atom. The van der Waals surface area contributed by atoms with Crippen molar-refractivity contribution in [3.63, 3.8) is 0 Å². The fraction of sp³-hybridized carbons (Fsp3) is 0.591. The van der Waals surface area contributed by atoms with Gasteiger partial charge in [-0.25, -0.2) is 4.79 Å². The summed E-state index contributed by atoms with van der Waals surface area (Å²) in [6.45, 7) is 7.94. The van der Waals surface area contributed by atoms with Gasteiger partial charge in [0.25, 0.3) is 0 Å². The average molecular weight is 402 g/mol. The first-order valence-corrected chi connectivity index (χ1v) is 10.5. The molecule has 3 rings (SSSR count). The lowest BCUT2D eigenvalue weighted by atomic mass is 10.0. The number of nitrogens with one attached hydrogen (secondary N) is 1. The predicted molar refractivity (Wildman–Crippen MR) is 111 cm³/mol. The third-order valence-electron chi connectivity index (χ3n) is 5.71. The average Bonchev–Trinajstić information content (AvgIpc) is 3.10. The van der Waals surface area contributed by atoms with Crippen molar-refractivity contribution < 1.29 is 19.1 Å². The molecular formula is C22H31N3O4. The Labute approximate surface area is 172 Å². The fourth-order valence-corrected chi connectivity index (χ4v) is 3.92. The normalized spacial score (nSPS) is 20.3. The molecule has 29 heavy (non-hydrogen) atoms. The van der Waals surface area contributed by atoms with Gasteiger partial charge in [0.1, 0.15) is 0 Å². The largest absolute Gasteiger partial charge is 0.450 e. The second kappa shape index (κ2) is 9.29. The molecule has 3 amide bonds. The Morgan fingerprint density at radius 2 is 1.97 bits per heavy atom. The highest BCUT2D eigenvalue weighted by Crippen LogP contribution is 2.28. The lowest BCUT2D eigenvalue weighted by Crippen LogP contribution is -2.48. The van der Waals surface area contributed by atoms with E-state index in [2.05, 4.69) is 25.2 Å². The van der Waals surface area contributed by atoms with Crippen molar-refractivity contribution >= 4 is 23.6 Å². The van der Waals surface area contributed by atoms with Gasteiger partial charge in [-0.3, -0.25) is 9.59 Å². The second-order valence-corrected chi connectivity index (χ2v) is 8.12. The monoisotopic (exact) mass is 401 g/mol. The van der Waals surface area contributed by atoms with Crippen LogP contribution in [0.25, 0.3) is 0 Å². The maximum absolute atomic E-state index is 12.7. The summed E-state index contributed by atoms with van der Waals surface area (Å²) in [6.07, 6.45) is 1.34. The minimum Gasteiger partial charge on any atom is -0.450 e. The van der Waals surface area contributed by atoms with Gasteiger partial charge in [-0.2, -0.15) is 0 Å². The molecule has 158 valence electrons. The summed E-state index contributed by atoms with van der Waals surface area (Å²) in [5.74, 6) is -0.0425. The fourth-order valence-electron chi connectivity index (χ4n) is 3.92. The van der Waals surface area contributed by atoms with Crippen molar-refractivity contribution in [3.8, 4) is 0 Å². The quantitative estimate of drug-likeness (QED) is 0.823. The zero-order valence-electron chi connectivity index (χ0n) is 17.5. The zero-order chi connectivity index (χ0) is 21.0. The third-order valence-corrected chi connectivity index (χ3v) is 5.71. The number of piperidine rings is 1. The van der Waals surface area contributed by atoms with Crippen LogP contribution in [-0.4, -0.2) is 55.1 Å². The van der Waals surface area contributed by atoms with Crippen LogP contribution in [0.5, 0.6) is 0 Å². The van der Waals surface area contributed by atoms with E-state index in [-0.39, 0.29) is 36.3 Å². The topological polar surface area (TPSA) is 79.0 Å². The highest BCUT2D eigenvalue weighted by molar-refractivity contribution is 6.00. The van der Waals surface area contributed by atoms with Crippen molar-refractivity contribution in [2.75, 3.05) is 31.1 Å². The van der Waals surface area contributed by atoms with Gasteiger partial charge in [0.15, 0.2) is 0 Å². The number of hydrogen-bond acceptors (Lipinski definition) is 4. The molecule has 2 aliphatic rings. The van der Waals surface area contributed by atoms with Gasteiger partial charge in [-0.1, -0.05) is 26.0 Å². The second-order valence-electron chi connectivity index (χ2n) is 8.12. The van der Waals surface area contributed by atoms with Crippen molar-refractivity contribution in [3.05, 3.63) is 29.8 Å². The summed E-state index contributed by atoms with van der Waals surface area (Å²) in [4.78, 5) is 40.4. The Bertz CT molecular complexity index is 756. The highest BCUT2D eigenvalue weighted by Gasteiger charge is 2.36. The zero-order valence-corrected chi connectivity index (χ0v) is 17.5. The van der Waals surface area contributed by atoms with Crippen molar-refractivity contribution in [2.24, 2.45) is 5.92 Å². The molecule has 0 spiro atoms. The van der Waals surface area contributed by atoms with Gasteiger partial charge < -0.3 is 19.9 Å². The molecule has 0 aromatic heterocycles. The van der Waals surface area contributed by atoms with Crippen LogP contribution in [-0.2, 0) is 14.3 Å². The predicted octanol–water partition coefficient (Wildman–Crippen LogP) is 2.90. The van der Waals surface area contributed by atoms with Gasteiger partial charge in [-0.15, -0.1) is 0 Å². The van der Waals surface area contributed by atoms with Crippen LogP contribution in [0.15, 0.2) is 24.3 Å². The number of nitrogens with zero attached hydrogens (tertiary/aromatic N) is 2. The number of rotatable bonds is 5. The lowest BCUT2D eigenvalue weighted by molar-refractivity contribution is -0.127. The van der Waals surface area contributed by atoms with Crippen LogP contribution >= 0.6 is 0 Å². The van der Waals surface area contributed by atoms with Crippen molar-refractivity contribution in [1.82, 2.24) is 10.2 Å². The molecule has 0 unspecified atom stereocenters. The Balaban J connectivity index is 1.53.